The molecule has 4 heteroatoms. The number of urea groups is 1. The van der Waals surface area contributed by atoms with Crippen LogP contribution in [0.5, 0.6) is 0 Å². The summed E-state index contributed by atoms with van der Waals surface area (Å²) in [5.41, 5.74) is 3.73. The van der Waals surface area contributed by atoms with E-state index in [-0.39, 0.29) is 6.03 Å². The lowest BCUT2D eigenvalue weighted by atomic mass is 10.1. The fourth-order valence-corrected chi connectivity index (χ4v) is 2.64. The van der Waals surface area contributed by atoms with Crippen molar-refractivity contribution >= 4 is 33.3 Å². The van der Waals surface area contributed by atoms with Crippen molar-refractivity contribution in [3.63, 3.8) is 0 Å². The quantitative estimate of drug-likeness (QED) is 0.827. The van der Waals surface area contributed by atoms with Gasteiger partial charge in [0.25, 0.3) is 0 Å². The van der Waals surface area contributed by atoms with Crippen molar-refractivity contribution in [3.8, 4) is 0 Å². The molecule has 0 unspecified atom stereocenters. The minimum absolute atomic E-state index is 0.251. The Morgan fingerprint density at radius 1 is 1.05 bits per heavy atom. The molecule has 2 rings (SSSR count). The Balaban J connectivity index is 2.12. The molecule has 3 nitrogen and oxygen atoms in total. The van der Waals surface area contributed by atoms with Crippen LogP contribution in [0.15, 0.2) is 46.9 Å². The molecule has 0 atom stereocenters. The summed E-state index contributed by atoms with van der Waals surface area (Å²) in [6, 6.07) is 13.1. The Labute approximate surface area is 121 Å². The van der Waals surface area contributed by atoms with E-state index in [1.807, 2.05) is 56.3 Å². The van der Waals surface area contributed by atoms with Gasteiger partial charge < -0.3 is 10.6 Å². The van der Waals surface area contributed by atoms with Crippen molar-refractivity contribution in [1.29, 1.82) is 0 Å². The molecule has 2 aromatic carbocycles. The molecule has 0 spiro atoms. The van der Waals surface area contributed by atoms with Crippen molar-refractivity contribution in [2.24, 2.45) is 0 Å². The number of halogens is 1. The number of benzene rings is 2. The zero-order valence-electron chi connectivity index (χ0n) is 10.8. The second-order valence-electron chi connectivity index (χ2n) is 4.38. The first-order valence-corrected chi connectivity index (χ1v) is 6.75. The molecule has 0 bridgehead atoms. The van der Waals surface area contributed by atoms with E-state index >= 15 is 0 Å². The van der Waals surface area contributed by atoms with Crippen molar-refractivity contribution in [3.05, 3.63) is 58.1 Å². The minimum Gasteiger partial charge on any atom is -0.308 e. The van der Waals surface area contributed by atoms with E-state index in [0.29, 0.717) is 0 Å². The van der Waals surface area contributed by atoms with E-state index in [1.165, 1.54) is 0 Å². The highest BCUT2D eigenvalue weighted by atomic mass is 79.9. The average Bonchev–Trinajstić information content (AvgIpc) is 2.35. The number of aryl methyl sites for hydroxylation is 2. The maximum absolute atomic E-state index is 11.9. The molecule has 0 heterocycles. The van der Waals surface area contributed by atoms with Crippen LogP contribution in [-0.4, -0.2) is 6.03 Å². The van der Waals surface area contributed by atoms with Crippen LogP contribution in [-0.2, 0) is 0 Å². The molecular formula is C15H15BrN2O. The Morgan fingerprint density at radius 3 is 2.37 bits per heavy atom. The van der Waals surface area contributed by atoms with Crippen LogP contribution in [0, 0.1) is 13.8 Å². The van der Waals surface area contributed by atoms with Gasteiger partial charge in [-0.05, 0) is 59.1 Å². The van der Waals surface area contributed by atoms with Crippen molar-refractivity contribution in [2.45, 2.75) is 13.8 Å². The van der Waals surface area contributed by atoms with E-state index in [4.69, 9.17) is 0 Å². The zero-order chi connectivity index (χ0) is 13.8. The highest BCUT2D eigenvalue weighted by Gasteiger charge is 2.09. The maximum atomic E-state index is 11.9. The van der Waals surface area contributed by atoms with Gasteiger partial charge in [-0.2, -0.15) is 0 Å². The molecule has 0 radical (unpaired) electrons. The Bertz CT molecular complexity index is 573. The first kappa shape index (κ1) is 13.6. The molecule has 0 saturated heterocycles. The topological polar surface area (TPSA) is 41.1 Å². The Morgan fingerprint density at radius 2 is 1.74 bits per heavy atom. The lowest BCUT2D eigenvalue weighted by Gasteiger charge is -2.12. The molecule has 0 fully saturated rings. The van der Waals surface area contributed by atoms with Gasteiger partial charge in [-0.25, -0.2) is 4.79 Å². The van der Waals surface area contributed by atoms with Gasteiger partial charge in [-0.15, -0.1) is 0 Å². The van der Waals surface area contributed by atoms with Crippen molar-refractivity contribution in [1.82, 2.24) is 0 Å². The van der Waals surface area contributed by atoms with Gasteiger partial charge in [0.1, 0.15) is 0 Å². The lowest BCUT2D eigenvalue weighted by Crippen LogP contribution is -2.20. The fourth-order valence-electron chi connectivity index (χ4n) is 1.87. The van der Waals surface area contributed by atoms with Gasteiger partial charge in [-0.1, -0.05) is 24.3 Å². The predicted octanol–water partition coefficient (Wildman–Crippen LogP) is 4.71. The summed E-state index contributed by atoms with van der Waals surface area (Å²) < 4.78 is 0.883. The van der Waals surface area contributed by atoms with Crippen LogP contribution < -0.4 is 10.6 Å². The van der Waals surface area contributed by atoms with Crippen LogP contribution >= 0.6 is 15.9 Å². The number of para-hydroxylation sites is 1. The van der Waals surface area contributed by atoms with Crippen LogP contribution in [0.4, 0.5) is 16.2 Å². The molecule has 2 aromatic rings. The molecule has 0 aliphatic heterocycles. The van der Waals surface area contributed by atoms with Crippen LogP contribution in [0.1, 0.15) is 11.1 Å². The van der Waals surface area contributed by atoms with Gasteiger partial charge in [-0.3, -0.25) is 0 Å². The third-order valence-electron chi connectivity index (χ3n) is 2.70. The normalized spacial score (nSPS) is 10.1. The average molecular weight is 319 g/mol. The minimum atomic E-state index is -0.251. The standard InChI is InChI=1S/C15H15BrN2O/c1-10-8-11(2)14(13(16)9-10)18-15(19)17-12-6-4-3-5-7-12/h3-9H,1-2H3,(H2,17,18,19). The predicted molar refractivity (Wildman–Crippen MR) is 82.7 cm³/mol. The Kier molecular flexibility index (Phi) is 4.22. The summed E-state index contributed by atoms with van der Waals surface area (Å²) >= 11 is 3.47. The summed E-state index contributed by atoms with van der Waals surface area (Å²) in [6.45, 7) is 3.99. The number of carbonyl (C=O) groups is 1. The lowest BCUT2D eigenvalue weighted by molar-refractivity contribution is 0.262. The number of anilines is 2. The third kappa shape index (κ3) is 3.58. The highest BCUT2D eigenvalue weighted by molar-refractivity contribution is 9.10. The highest BCUT2D eigenvalue weighted by Crippen LogP contribution is 2.27. The zero-order valence-corrected chi connectivity index (χ0v) is 12.4. The second-order valence-corrected chi connectivity index (χ2v) is 5.24. The maximum Gasteiger partial charge on any atom is 0.323 e. The molecule has 0 aromatic heterocycles. The van der Waals surface area contributed by atoms with Crippen molar-refractivity contribution in [2.75, 3.05) is 10.6 Å². The van der Waals surface area contributed by atoms with E-state index in [1.54, 1.807) is 0 Å². The van der Waals surface area contributed by atoms with Crippen LogP contribution in [0.2, 0.25) is 0 Å². The molecular weight excluding hydrogens is 304 g/mol. The van der Waals surface area contributed by atoms with Gasteiger partial charge in [0.2, 0.25) is 0 Å². The number of nitrogens with one attached hydrogen (secondary N) is 2. The smallest absolute Gasteiger partial charge is 0.308 e. The summed E-state index contributed by atoms with van der Waals surface area (Å²) in [4.78, 5) is 11.9. The first-order chi connectivity index (χ1) is 9.06. The van der Waals surface area contributed by atoms with E-state index in [0.717, 1.165) is 27.0 Å². The second kappa shape index (κ2) is 5.89. The molecule has 2 N–H and O–H groups in total. The molecule has 2 amide bonds. The van der Waals surface area contributed by atoms with Crippen LogP contribution in [0.3, 0.4) is 0 Å². The first-order valence-electron chi connectivity index (χ1n) is 5.96. The number of amides is 2. The summed E-state index contributed by atoms with van der Waals surface area (Å²) in [7, 11) is 0. The Hall–Kier alpha value is -1.81. The molecule has 0 aliphatic rings. The number of hydrogen-bond donors (Lipinski definition) is 2. The van der Waals surface area contributed by atoms with Gasteiger partial charge >= 0.3 is 6.03 Å². The number of carbonyl (C=O) groups excluding carboxylic acids is 1. The van der Waals surface area contributed by atoms with Gasteiger partial charge in [0, 0.05) is 10.2 Å². The van der Waals surface area contributed by atoms with Crippen LogP contribution in [0.25, 0.3) is 0 Å². The van der Waals surface area contributed by atoms with Crippen molar-refractivity contribution < 1.29 is 4.79 Å². The van der Waals surface area contributed by atoms with Gasteiger partial charge in [0.05, 0.1) is 5.69 Å². The van der Waals surface area contributed by atoms with E-state index in [2.05, 4.69) is 26.6 Å². The van der Waals surface area contributed by atoms with E-state index < -0.39 is 0 Å². The molecule has 98 valence electrons. The summed E-state index contributed by atoms with van der Waals surface area (Å²) in [5, 5.41) is 5.65. The van der Waals surface area contributed by atoms with E-state index in [9.17, 15) is 4.79 Å². The summed E-state index contributed by atoms with van der Waals surface area (Å²) in [6.07, 6.45) is 0. The largest absolute Gasteiger partial charge is 0.323 e. The monoisotopic (exact) mass is 318 g/mol. The third-order valence-corrected chi connectivity index (χ3v) is 3.33. The number of rotatable bonds is 2. The molecule has 0 aliphatic carbocycles. The fraction of sp³-hybridized carbons (Fsp3) is 0.133. The molecule has 0 saturated carbocycles. The van der Waals surface area contributed by atoms with Gasteiger partial charge in [0.15, 0.2) is 0 Å². The SMILES string of the molecule is Cc1cc(C)c(NC(=O)Nc2ccccc2)c(Br)c1. The molecule has 19 heavy (non-hydrogen) atoms. The number of hydrogen-bond acceptors (Lipinski definition) is 1. The summed E-state index contributed by atoms with van der Waals surface area (Å²) in [5.74, 6) is 0.